The molecule has 0 fully saturated rings. The molecule has 0 saturated heterocycles. The van der Waals surface area contributed by atoms with Crippen LogP contribution in [0.15, 0.2) is 17.3 Å². The molecule has 0 radical (unpaired) electrons. The second-order valence-corrected chi connectivity index (χ2v) is 4.63. The molecule has 104 valence electrons. The van der Waals surface area contributed by atoms with E-state index in [1.807, 2.05) is 11.9 Å². The number of nitrogens with zero attached hydrogens (tertiary/aromatic N) is 2. The lowest BCUT2D eigenvalue weighted by molar-refractivity contribution is 0.0952. The molecule has 2 rings (SSSR count). The van der Waals surface area contributed by atoms with E-state index in [9.17, 15) is 9.90 Å². The molecule has 2 aromatic rings. The van der Waals surface area contributed by atoms with Crippen molar-refractivity contribution in [2.45, 2.75) is 19.1 Å². The molecule has 0 aliphatic heterocycles. The number of H-pyrrole nitrogens is 2. The van der Waals surface area contributed by atoms with E-state index in [0.717, 1.165) is 5.56 Å². The summed E-state index contributed by atoms with van der Waals surface area (Å²) in [4.78, 5) is 23.0. The van der Waals surface area contributed by atoms with Gasteiger partial charge in [0, 0.05) is 31.5 Å². The third kappa shape index (κ3) is 3.19. The smallest absolute Gasteiger partial charge is 0.275 e. The van der Waals surface area contributed by atoms with Crippen molar-refractivity contribution in [2.75, 3.05) is 20.2 Å². The van der Waals surface area contributed by atoms with Gasteiger partial charge in [-0.05, 0) is 13.5 Å². The summed E-state index contributed by atoms with van der Waals surface area (Å²) >= 11 is 0. The molecule has 19 heavy (non-hydrogen) atoms. The average Bonchev–Trinajstić information content (AvgIpc) is 2.74. The molecular formula is C12H18N4O3. The van der Waals surface area contributed by atoms with Crippen LogP contribution in [0.5, 0.6) is 0 Å². The monoisotopic (exact) mass is 266 g/mol. The van der Waals surface area contributed by atoms with Gasteiger partial charge in [-0.15, -0.1) is 0 Å². The van der Waals surface area contributed by atoms with Crippen LogP contribution in [0.25, 0.3) is 11.0 Å². The Morgan fingerprint density at radius 2 is 2.26 bits per heavy atom. The maximum atomic E-state index is 11.5. The highest BCUT2D eigenvalue weighted by Crippen LogP contribution is 2.13. The molecule has 0 bridgehead atoms. The van der Waals surface area contributed by atoms with Crippen molar-refractivity contribution in [3.63, 3.8) is 0 Å². The Hall–Kier alpha value is -1.70. The highest BCUT2D eigenvalue weighted by atomic mass is 16.3. The minimum absolute atomic E-state index is 0.0287. The van der Waals surface area contributed by atoms with Crippen LogP contribution in [0.4, 0.5) is 0 Å². The van der Waals surface area contributed by atoms with Crippen LogP contribution in [0.2, 0.25) is 0 Å². The number of aromatic amines is 2. The first-order valence-corrected chi connectivity index (χ1v) is 6.13. The molecule has 2 heterocycles. The van der Waals surface area contributed by atoms with Gasteiger partial charge >= 0.3 is 0 Å². The summed E-state index contributed by atoms with van der Waals surface area (Å²) in [6.07, 6.45) is 2.93. The lowest BCUT2D eigenvalue weighted by Crippen LogP contribution is -2.29. The van der Waals surface area contributed by atoms with Crippen molar-refractivity contribution in [1.29, 1.82) is 0 Å². The topological polar surface area (TPSA) is 105 Å². The van der Waals surface area contributed by atoms with Crippen molar-refractivity contribution in [3.05, 3.63) is 28.4 Å². The van der Waals surface area contributed by atoms with E-state index < -0.39 is 6.10 Å². The molecule has 0 saturated carbocycles. The zero-order chi connectivity index (χ0) is 13.8. The number of likely N-dealkylation sites (N-methyl/N-ethyl adjacent to an activating group) is 1. The Morgan fingerprint density at radius 3 is 3.00 bits per heavy atom. The molecule has 0 aliphatic rings. The maximum absolute atomic E-state index is 11.5. The zero-order valence-corrected chi connectivity index (χ0v) is 10.8. The number of aliphatic hydroxyl groups is 2. The number of hydrogen-bond donors (Lipinski definition) is 4. The van der Waals surface area contributed by atoms with E-state index in [0.29, 0.717) is 30.5 Å². The highest BCUT2D eigenvalue weighted by Gasteiger charge is 2.12. The van der Waals surface area contributed by atoms with Crippen LogP contribution < -0.4 is 5.56 Å². The third-order valence-corrected chi connectivity index (χ3v) is 2.97. The average molecular weight is 266 g/mol. The van der Waals surface area contributed by atoms with Gasteiger partial charge in [-0.25, -0.2) is 4.98 Å². The summed E-state index contributed by atoms with van der Waals surface area (Å²) in [7, 11) is 1.87. The second kappa shape index (κ2) is 5.96. The van der Waals surface area contributed by atoms with Crippen LogP contribution >= 0.6 is 0 Å². The summed E-state index contributed by atoms with van der Waals surface area (Å²) in [5, 5.41) is 18.4. The minimum Gasteiger partial charge on any atom is -0.396 e. The summed E-state index contributed by atoms with van der Waals surface area (Å²) in [5.74, 6) is 0. The van der Waals surface area contributed by atoms with Gasteiger partial charge in [-0.1, -0.05) is 0 Å². The largest absolute Gasteiger partial charge is 0.396 e. The van der Waals surface area contributed by atoms with E-state index in [-0.39, 0.29) is 12.2 Å². The van der Waals surface area contributed by atoms with Crippen LogP contribution in [-0.2, 0) is 6.54 Å². The van der Waals surface area contributed by atoms with Crippen LogP contribution in [0, 0.1) is 0 Å². The van der Waals surface area contributed by atoms with Crippen molar-refractivity contribution in [1.82, 2.24) is 19.9 Å². The van der Waals surface area contributed by atoms with E-state index in [1.54, 1.807) is 6.20 Å². The van der Waals surface area contributed by atoms with E-state index in [2.05, 4.69) is 15.0 Å². The first-order chi connectivity index (χ1) is 9.11. The van der Waals surface area contributed by atoms with Gasteiger partial charge in [0.15, 0.2) is 0 Å². The zero-order valence-electron chi connectivity index (χ0n) is 10.8. The lowest BCUT2D eigenvalue weighted by Gasteiger charge is -2.19. The third-order valence-electron chi connectivity index (χ3n) is 2.97. The fraction of sp³-hybridized carbons (Fsp3) is 0.500. The summed E-state index contributed by atoms with van der Waals surface area (Å²) in [6.45, 7) is 0.994. The number of fused-ring (bicyclic) bond motifs is 1. The summed E-state index contributed by atoms with van der Waals surface area (Å²) < 4.78 is 0. The van der Waals surface area contributed by atoms with Crippen molar-refractivity contribution >= 4 is 11.0 Å². The summed E-state index contributed by atoms with van der Waals surface area (Å²) in [5.41, 5.74) is 1.81. The van der Waals surface area contributed by atoms with Gasteiger partial charge in [-0.2, -0.15) is 0 Å². The molecule has 2 aromatic heterocycles. The molecule has 0 amide bonds. The fourth-order valence-electron chi connectivity index (χ4n) is 2.08. The number of aliphatic hydroxyl groups excluding tert-OH is 2. The Kier molecular flexibility index (Phi) is 4.31. The molecule has 0 unspecified atom stereocenters. The molecular weight excluding hydrogens is 248 g/mol. The number of rotatable bonds is 6. The van der Waals surface area contributed by atoms with Gasteiger partial charge in [0.25, 0.3) is 5.56 Å². The van der Waals surface area contributed by atoms with Crippen molar-refractivity contribution in [3.8, 4) is 0 Å². The SMILES string of the molecule is CN(Cc1c[nH]c2c(=O)[nH]cnc12)C[C@H](O)CCO. The van der Waals surface area contributed by atoms with Crippen LogP contribution in [-0.4, -0.2) is 56.4 Å². The molecule has 4 N–H and O–H groups in total. The fourth-order valence-corrected chi connectivity index (χ4v) is 2.08. The minimum atomic E-state index is -0.559. The normalized spacial score (nSPS) is 13.3. The Bertz CT molecular complexity index is 592. The lowest BCUT2D eigenvalue weighted by atomic mass is 10.2. The molecule has 7 heteroatoms. The van der Waals surface area contributed by atoms with Gasteiger partial charge in [0.05, 0.1) is 17.9 Å². The second-order valence-electron chi connectivity index (χ2n) is 4.63. The number of hydrogen-bond acceptors (Lipinski definition) is 5. The Morgan fingerprint density at radius 1 is 1.47 bits per heavy atom. The predicted molar refractivity (Wildman–Crippen MR) is 70.8 cm³/mol. The highest BCUT2D eigenvalue weighted by molar-refractivity contribution is 5.77. The molecule has 7 nitrogen and oxygen atoms in total. The van der Waals surface area contributed by atoms with Gasteiger partial charge < -0.3 is 20.2 Å². The standard InChI is InChI=1S/C12H18N4O3/c1-16(6-9(18)2-3-17)5-8-4-13-11-10(8)14-7-15-12(11)19/h4,7,9,13,17-18H,2-3,5-6H2,1H3,(H,14,15,19)/t9-/m1/s1. The van der Waals surface area contributed by atoms with Gasteiger partial charge in [0.1, 0.15) is 5.52 Å². The Balaban J connectivity index is 2.09. The maximum Gasteiger partial charge on any atom is 0.275 e. The van der Waals surface area contributed by atoms with Gasteiger partial charge in [-0.3, -0.25) is 9.69 Å². The molecule has 0 aromatic carbocycles. The van der Waals surface area contributed by atoms with Crippen LogP contribution in [0.3, 0.4) is 0 Å². The molecule has 0 spiro atoms. The van der Waals surface area contributed by atoms with E-state index in [4.69, 9.17) is 5.11 Å². The first kappa shape index (κ1) is 13.7. The number of nitrogens with one attached hydrogen (secondary N) is 2. The van der Waals surface area contributed by atoms with Crippen molar-refractivity contribution in [2.24, 2.45) is 0 Å². The quantitative estimate of drug-likeness (QED) is 0.560. The van der Waals surface area contributed by atoms with E-state index >= 15 is 0 Å². The Labute approximate surface area is 109 Å². The van der Waals surface area contributed by atoms with E-state index in [1.165, 1.54) is 6.33 Å². The molecule has 1 atom stereocenters. The van der Waals surface area contributed by atoms with Crippen LogP contribution in [0.1, 0.15) is 12.0 Å². The summed E-state index contributed by atoms with van der Waals surface area (Å²) in [6, 6.07) is 0. The van der Waals surface area contributed by atoms with Crippen molar-refractivity contribution < 1.29 is 10.2 Å². The first-order valence-electron chi connectivity index (χ1n) is 6.13. The molecule has 0 aliphatic carbocycles. The number of aromatic nitrogens is 3. The predicted octanol–water partition coefficient (Wildman–Crippen LogP) is -0.574. The van der Waals surface area contributed by atoms with Gasteiger partial charge in [0.2, 0.25) is 0 Å².